The van der Waals surface area contributed by atoms with Crippen molar-refractivity contribution >= 4 is 33.1 Å². The minimum absolute atomic E-state index is 0.00865. The molecule has 0 bridgehead atoms. The number of carbonyl (C=O) groups is 1. The number of urea groups is 1. The highest BCUT2D eigenvalue weighted by molar-refractivity contribution is 7.92. The maximum Gasteiger partial charge on any atom is 0.333 e. The van der Waals surface area contributed by atoms with Crippen LogP contribution in [0.2, 0.25) is 0 Å². The first kappa shape index (κ1) is 23.9. The number of nitrogens with one attached hydrogen (secondary N) is 2. The molecule has 3 N–H and O–H groups in total. The zero-order chi connectivity index (χ0) is 22.9. The van der Waals surface area contributed by atoms with Crippen molar-refractivity contribution in [2.45, 2.75) is 63.2 Å². The van der Waals surface area contributed by atoms with Crippen LogP contribution >= 0.6 is 11.3 Å². The summed E-state index contributed by atoms with van der Waals surface area (Å²) in [5.41, 5.74) is 1.33. The molecule has 0 aliphatic carbocycles. The summed E-state index contributed by atoms with van der Waals surface area (Å²) in [6.45, 7) is 10.9. The van der Waals surface area contributed by atoms with Crippen LogP contribution in [0.3, 0.4) is 0 Å². The number of anilines is 1. The average Bonchev–Trinajstić information content (AvgIpc) is 3.12. The Bertz CT molecular complexity index is 1060. The molecule has 0 aliphatic rings. The largest absolute Gasteiger partial charge is 0.385 e. The summed E-state index contributed by atoms with van der Waals surface area (Å²) >= 11 is 0.900. The van der Waals surface area contributed by atoms with Crippen molar-refractivity contribution in [1.82, 2.24) is 4.72 Å². The third kappa shape index (κ3) is 5.39. The van der Waals surface area contributed by atoms with Crippen LogP contribution in [0, 0.1) is 11.3 Å². The number of benzene rings is 1. The van der Waals surface area contributed by atoms with Gasteiger partial charge in [0, 0.05) is 10.6 Å². The second-order valence-electron chi connectivity index (χ2n) is 8.19. The Balaban J connectivity index is 2.36. The van der Waals surface area contributed by atoms with Crippen LogP contribution in [0.5, 0.6) is 0 Å². The van der Waals surface area contributed by atoms with Gasteiger partial charge in [0.25, 0.3) is 10.0 Å². The monoisotopic (exact) mass is 449 g/mol. The maximum atomic E-state index is 12.6. The van der Waals surface area contributed by atoms with Crippen molar-refractivity contribution < 1.29 is 18.3 Å². The molecule has 0 unspecified atom stereocenters. The summed E-state index contributed by atoms with van der Waals surface area (Å²) in [6.07, 6.45) is 0. The van der Waals surface area contributed by atoms with Crippen LogP contribution in [0.1, 0.15) is 74.9 Å². The highest BCUT2D eigenvalue weighted by Gasteiger charge is 2.26. The number of thiophene rings is 1. The van der Waals surface area contributed by atoms with Gasteiger partial charge in [-0.2, -0.15) is 5.26 Å². The summed E-state index contributed by atoms with van der Waals surface area (Å²) in [6, 6.07) is 7.52. The van der Waals surface area contributed by atoms with Gasteiger partial charge < -0.3 is 10.4 Å². The van der Waals surface area contributed by atoms with Crippen molar-refractivity contribution in [3.05, 3.63) is 45.8 Å². The van der Waals surface area contributed by atoms with E-state index in [9.17, 15) is 23.6 Å². The van der Waals surface area contributed by atoms with Gasteiger partial charge in [-0.3, -0.25) is 0 Å². The van der Waals surface area contributed by atoms with Crippen LogP contribution in [0.15, 0.2) is 28.5 Å². The fraction of sp³-hybridized carbons (Fsp3) is 0.429. The van der Waals surface area contributed by atoms with Gasteiger partial charge in [0.05, 0.1) is 17.2 Å². The molecule has 1 heterocycles. The Kier molecular flexibility index (Phi) is 6.97. The number of hydrogen-bond donors (Lipinski definition) is 3. The molecule has 2 amide bonds. The van der Waals surface area contributed by atoms with Gasteiger partial charge in [0.2, 0.25) is 0 Å². The number of aliphatic hydroxyl groups is 1. The molecule has 2 aromatic rings. The molecule has 0 saturated heterocycles. The summed E-state index contributed by atoms with van der Waals surface area (Å²) in [5, 5.41) is 22.0. The summed E-state index contributed by atoms with van der Waals surface area (Å²) in [4.78, 5) is 13.1. The van der Waals surface area contributed by atoms with E-state index in [1.54, 1.807) is 26.0 Å². The van der Waals surface area contributed by atoms with Crippen LogP contribution in [0.25, 0.3) is 0 Å². The van der Waals surface area contributed by atoms with Crippen LogP contribution in [0.4, 0.5) is 10.5 Å². The van der Waals surface area contributed by atoms with Crippen molar-refractivity contribution in [1.29, 1.82) is 5.26 Å². The molecular weight excluding hydrogens is 422 g/mol. The summed E-state index contributed by atoms with van der Waals surface area (Å²) < 4.78 is 27.2. The number of sulfonamides is 1. The minimum atomic E-state index is -4.11. The number of rotatable bonds is 6. The number of nitrogens with zero attached hydrogens (tertiary/aromatic N) is 1. The van der Waals surface area contributed by atoms with Gasteiger partial charge in [-0.25, -0.2) is 17.9 Å². The molecular formula is C21H27N3O4S2. The molecule has 0 spiro atoms. The lowest BCUT2D eigenvalue weighted by Gasteiger charge is -2.21. The fourth-order valence-corrected chi connectivity index (χ4v) is 5.13. The Morgan fingerprint density at radius 2 is 1.67 bits per heavy atom. The number of carbonyl (C=O) groups excluding carboxylic acids is 1. The van der Waals surface area contributed by atoms with Crippen molar-refractivity contribution in [3.63, 3.8) is 0 Å². The zero-order valence-electron chi connectivity index (χ0n) is 17.9. The topological polar surface area (TPSA) is 119 Å². The maximum absolute atomic E-state index is 12.6. The van der Waals surface area contributed by atoms with Gasteiger partial charge in [0.1, 0.15) is 4.21 Å². The number of hydrogen-bond acceptors (Lipinski definition) is 6. The lowest BCUT2D eigenvalue weighted by atomic mass is 9.90. The predicted molar refractivity (Wildman–Crippen MR) is 118 cm³/mol. The standard InChI is InChI=1S/C21H27N3O4S2/c1-12(2)15-9-14(11-22)10-16(13(3)4)19(15)23-20(25)24-30(27,28)18-8-7-17(29-18)21(5,6)26/h7-10,12-13,26H,1-6H3,(H2,23,24,25). The second-order valence-corrected chi connectivity index (χ2v) is 11.2. The van der Waals surface area contributed by atoms with Crippen molar-refractivity contribution in [3.8, 4) is 6.07 Å². The van der Waals surface area contributed by atoms with E-state index in [1.807, 2.05) is 32.4 Å². The van der Waals surface area contributed by atoms with Crippen molar-refractivity contribution in [2.24, 2.45) is 0 Å². The molecule has 0 fully saturated rings. The van der Waals surface area contributed by atoms with Gasteiger partial charge in [0.15, 0.2) is 0 Å². The smallest absolute Gasteiger partial charge is 0.333 e. The average molecular weight is 450 g/mol. The van der Waals surface area contributed by atoms with E-state index in [4.69, 9.17) is 0 Å². The quantitative estimate of drug-likeness (QED) is 0.595. The molecule has 2 rings (SSSR count). The van der Waals surface area contributed by atoms with Crippen LogP contribution < -0.4 is 10.0 Å². The Morgan fingerprint density at radius 3 is 2.07 bits per heavy atom. The Morgan fingerprint density at radius 1 is 1.13 bits per heavy atom. The van der Waals surface area contributed by atoms with Crippen LogP contribution in [-0.4, -0.2) is 19.6 Å². The summed E-state index contributed by atoms with van der Waals surface area (Å²) in [5.74, 6) is 0.0173. The molecule has 0 saturated carbocycles. The van der Waals surface area contributed by atoms with E-state index in [1.165, 1.54) is 12.1 Å². The zero-order valence-corrected chi connectivity index (χ0v) is 19.5. The number of nitriles is 1. The number of amides is 2. The molecule has 7 nitrogen and oxygen atoms in total. The highest BCUT2D eigenvalue weighted by Crippen LogP contribution is 2.34. The SMILES string of the molecule is CC(C)c1cc(C#N)cc(C(C)C)c1NC(=O)NS(=O)(=O)c1ccc(C(C)(C)O)s1. The van der Waals surface area contributed by atoms with Gasteiger partial charge in [-0.05, 0) is 61.1 Å². The normalized spacial score (nSPS) is 12.1. The van der Waals surface area contributed by atoms with Crippen LogP contribution in [-0.2, 0) is 15.6 Å². The molecule has 0 atom stereocenters. The van der Waals surface area contributed by atoms with Gasteiger partial charge in [-0.15, -0.1) is 11.3 Å². The first-order valence-electron chi connectivity index (χ1n) is 9.50. The van der Waals surface area contributed by atoms with E-state index in [-0.39, 0.29) is 16.0 Å². The lowest BCUT2D eigenvalue weighted by molar-refractivity contribution is 0.0825. The first-order valence-corrected chi connectivity index (χ1v) is 11.8. The Hall–Kier alpha value is -2.41. The Labute approximate surface area is 181 Å². The molecule has 0 aliphatic heterocycles. The van der Waals surface area contributed by atoms with E-state index < -0.39 is 21.7 Å². The second kappa shape index (κ2) is 8.76. The highest BCUT2D eigenvalue weighted by atomic mass is 32.2. The van der Waals surface area contributed by atoms with E-state index in [0.717, 1.165) is 22.5 Å². The first-order chi connectivity index (χ1) is 13.8. The lowest BCUT2D eigenvalue weighted by Crippen LogP contribution is -2.34. The summed E-state index contributed by atoms with van der Waals surface area (Å²) in [7, 11) is -4.11. The van der Waals surface area contributed by atoms with E-state index in [0.29, 0.717) is 16.1 Å². The molecule has 9 heteroatoms. The molecule has 0 radical (unpaired) electrons. The molecule has 30 heavy (non-hydrogen) atoms. The fourth-order valence-electron chi connectivity index (χ4n) is 2.91. The van der Waals surface area contributed by atoms with E-state index >= 15 is 0 Å². The minimum Gasteiger partial charge on any atom is -0.385 e. The predicted octanol–water partition coefficient (Wildman–Crippen LogP) is 4.60. The van der Waals surface area contributed by atoms with Gasteiger partial charge >= 0.3 is 6.03 Å². The van der Waals surface area contributed by atoms with Gasteiger partial charge in [-0.1, -0.05) is 27.7 Å². The van der Waals surface area contributed by atoms with E-state index in [2.05, 4.69) is 11.4 Å². The third-order valence-electron chi connectivity index (χ3n) is 4.49. The van der Waals surface area contributed by atoms with Crippen molar-refractivity contribution in [2.75, 3.05) is 5.32 Å². The third-order valence-corrected chi connectivity index (χ3v) is 7.71. The molecule has 162 valence electrons. The molecule has 1 aromatic heterocycles. The molecule has 1 aromatic carbocycles.